The summed E-state index contributed by atoms with van der Waals surface area (Å²) < 4.78 is 2.00. The third kappa shape index (κ3) is 1.29. The van der Waals surface area contributed by atoms with Gasteiger partial charge in [-0.3, -0.25) is 0 Å². The Morgan fingerprint density at radius 3 is 3.23 bits per heavy atom. The lowest BCUT2D eigenvalue weighted by Crippen LogP contribution is -1.89. The van der Waals surface area contributed by atoms with Gasteiger partial charge in [0.25, 0.3) is 0 Å². The van der Waals surface area contributed by atoms with E-state index in [0.29, 0.717) is 6.42 Å². The molecular weight excluding hydrogens is 160 g/mol. The molecule has 0 aromatic carbocycles. The van der Waals surface area contributed by atoms with Crippen molar-refractivity contribution >= 4 is 5.65 Å². The second-order valence-corrected chi connectivity index (χ2v) is 3.03. The molecule has 2 aromatic rings. The number of nitrogens with zero attached hydrogens (tertiary/aromatic N) is 2. The molecule has 0 unspecified atom stereocenters. The van der Waals surface area contributed by atoms with Crippen molar-refractivity contribution in [3.8, 4) is 12.3 Å². The first-order valence-corrected chi connectivity index (χ1v) is 4.18. The summed E-state index contributed by atoms with van der Waals surface area (Å²) in [4.78, 5) is 4.40. The van der Waals surface area contributed by atoms with Gasteiger partial charge in [0.1, 0.15) is 5.65 Å². The van der Waals surface area contributed by atoms with Gasteiger partial charge in [0, 0.05) is 24.4 Å². The van der Waals surface area contributed by atoms with E-state index in [1.807, 2.05) is 35.9 Å². The molecule has 2 rings (SSSR count). The Balaban J connectivity index is 2.69. The van der Waals surface area contributed by atoms with Crippen LogP contribution in [0, 0.1) is 19.3 Å². The number of fused-ring (bicyclic) bond motifs is 1. The molecule has 0 saturated heterocycles. The van der Waals surface area contributed by atoms with Gasteiger partial charge >= 0.3 is 0 Å². The molecule has 0 aliphatic rings. The molecule has 0 radical (unpaired) electrons. The molecule has 0 aliphatic heterocycles. The standard InChI is InChI=1S/C11H10N2/c1-3-5-10-6-4-7-13-8-9(2)12-11(10)13/h1,4,6-8H,5H2,2H3. The largest absolute Gasteiger partial charge is 0.307 e. The summed E-state index contributed by atoms with van der Waals surface area (Å²) in [5.41, 5.74) is 3.10. The van der Waals surface area contributed by atoms with Crippen LogP contribution in [0.3, 0.4) is 0 Å². The molecule has 0 spiro atoms. The topological polar surface area (TPSA) is 17.3 Å². The second-order valence-electron chi connectivity index (χ2n) is 3.03. The van der Waals surface area contributed by atoms with Gasteiger partial charge in [0.15, 0.2) is 0 Å². The van der Waals surface area contributed by atoms with Crippen molar-refractivity contribution in [2.24, 2.45) is 0 Å². The first-order valence-electron chi connectivity index (χ1n) is 4.18. The Morgan fingerprint density at radius 2 is 2.46 bits per heavy atom. The van der Waals surface area contributed by atoms with Crippen molar-refractivity contribution in [3.63, 3.8) is 0 Å². The van der Waals surface area contributed by atoms with E-state index in [-0.39, 0.29) is 0 Å². The summed E-state index contributed by atoms with van der Waals surface area (Å²) in [6, 6.07) is 4.00. The van der Waals surface area contributed by atoms with E-state index in [0.717, 1.165) is 16.9 Å². The molecule has 2 nitrogen and oxygen atoms in total. The SMILES string of the molecule is C#CCc1cccn2cc(C)nc12. The van der Waals surface area contributed by atoms with Crippen LogP contribution in [0.5, 0.6) is 0 Å². The predicted molar refractivity (Wildman–Crippen MR) is 52.5 cm³/mol. The zero-order chi connectivity index (χ0) is 9.26. The molecule has 0 N–H and O–H groups in total. The van der Waals surface area contributed by atoms with Crippen LogP contribution in [-0.2, 0) is 6.42 Å². The number of hydrogen-bond donors (Lipinski definition) is 0. The monoisotopic (exact) mass is 170 g/mol. The van der Waals surface area contributed by atoms with Crippen LogP contribution in [0.15, 0.2) is 24.5 Å². The average Bonchev–Trinajstić information content (AvgIpc) is 2.47. The molecule has 0 bridgehead atoms. The highest BCUT2D eigenvalue weighted by Gasteiger charge is 2.01. The van der Waals surface area contributed by atoms with Gasteiger partial charge < -0.3 is 4.40 Å². The maximum Gasteiger partial charge on any atom is 0.141 e. The normalized spacial score (nSPS) is 10.2. The highest BCUT2D eigenvalue weighted by atomic mass is 15.0. The van der Waals surface area contributed by atoms with Crippen LogP contribution < -0.4 is 0 Å². The molecule has 2 heteroatoms. The first kappa shape index (κ1) is 7.88. The van der Waals surface area contributed by atoms with Crippen molar-refractivity contribution in [1.29, 1.82) is 0 Å². The predicted octanol–water partition coefficient (Wildman–Crippen LogP) is 1.82. The van der Waals surface area contributed by atoms with E-state index in [9.17, 15) is 0 Å². The highest BCUT2D eigenvalue weighted by Crippen LogP contribution is 2.10. The molecule has 0 atom stereocenters. The van der Waals surface area contributed by atoms with Gasteiger partial charge in [-0.15, -0.1) is 12.3 Å². The number of imidazole rings is 1. The Labute approximate surface area is 77.2 Å². The van der Waals surface area contributed by atoms with Gasteiger partial charge in [-0.25, -0.2) is 4.98 Å². The molecule has 13 heavy (non-hydrogen) atoms. The molecule has 2 heterocycles. The molecule has 0 amide bonds. The Bertz CT molecular complexity index is 474. The fraction of sp³-hybridized carbons (Fsp3) is 0.182. The fourth-order valence-electron chi connectivity index (χ4n) is 1.44. The summed E-state index contributed by atoms with van der Waals surface area (Å²) in [5, 5.41) is 0. The van der Waals surface area contributed by atoms with Gasteiger partial charge in [0.2, 0.25) is 0 Å². The van der Waals surface area contributed by atoms with Crippen LogP contribution >= 0.6 is 0 Å². The maximum absolute atomic E-state index is 5.27. The maximum atomic E-state index is 5.27. The number of terminal acetylenes is 1. The second kappa shape index (κ2) is 2.95. The van der Waals surface area contributed by atoms with E-state index in [2.05, 4.69) is 10.9 Å². The smallest absolute Gasteiger partial charge is 0.141 e. The highest BCUT2D eigenvalue weighted by molar-refractivity contribution is 5.50. The third-order valence-electron chi connectivity index (χ3n) is 1.98. The minimum absolute atomic E-state index is 0.640. The number of hydrogen-bond acceptors (Lipinski definition) is 1. The number of aromatic nitrogens is 2. The molecular formula is C11H10N2. The van der Waals surface area contributed by atoms with Crippen molar-refractivity contribution in [2.75, 3.05) is 0 Å². The Hall–Kier alpha value is -1.75. The van der Waals surface area contributed by atoms with Crippen molar-refractivity contribution in [3.05, 3.63) is 35.8 Å². The first-order chi connectivity index (χ1) is 6.31. The molecule has 0 fully saturated rings. The molecule has 0 aliphatic carbocycles. The van der Waals surface area contributed by atoms with Crippen molar-refractivity contribution in [2.45, 2.75) is 13.3 Å². The molecule has 64 valence electrons. The van der Waals surface area contributed by atoms with E-state index in [1.165, 1.54) is 0 Å². The average molecular weight is 170 g/mol. The van der Waals surface area contributed by atoms with Gasteiger partial charge in [-0.1, -0.05) is 6.07 Å². The lowest BCUT2D eigenvalue weighted by molar-refractivity contribution is 1.14. The van der Waals surface area contributed by atoms with Crippen LogP contribution in [0.4, 0.5) is 0 Å². The van der Waals surface area contributed by atoms with Crippen molar-refractivity contribution in [1.82, 2.24) is 9.38 Å². The summed E-state index contributed by atoms with van der Waals surface area (Å²) in [6.45, 7) is 1.98. The summed E-state index contributed by atoms with van der Waals surface area (Å²) in [6.07, 6.45) is 9.89. The minimum atomic E-state index is 0.640. The molecule has 0 saturated carbocycles. The fourth-order valence-corrected chi connectivity index (χ4v) is 1.44. The lowest BCUT2D eigenvalue weighted by atomic mass is 10.2. The summed E-state index contributed by atoms with van der Waals surface area (Å²) >= 11 is 0. The van der Waals surface area contributed by atoms with Crippen LogP contribution in [0.1, 0.15) is 11.3 Å². The van der Waals surface area contributed by atoms with E-state index < -0.39 is 0 Å². The lowest BCUT2D eigenvalue weighted by Gasteiger charge is -1.97. The zero-order valence-electron chi connectivity index (χ0n) is 7.49. The Morgan fingerprint density at radius 1 is 1.62 bits per heavy atom. The number of aryl methyl sites for hydroxylation is 1. The van der Waals surface area contributed by atoms with Gasteiger partial charge in [-0.05, 0) is 13.0 Å². The van der Waals surface area contributed by atoms with Crippen LogP contribution in [0.25, 0.3) is 5.65 Å². The van der Waals surface area contributed by atoms with E-state index in [1.54, 1.807) is 0 Å². The molecule has 2 aromatic heterocycles. The third-order valence-corrected chi connectivity index (χ3v) is 1.98. The van der Waals surface area contributed by atoms with Crippen molar-refractivity contribution < 1.29 is 0 Å². The zero-order valence-corrected chi connectivity index (χ0v) is 7.49. The quantitative estimate of drug-likeness (QED) is 0.597. The Kier molecular flexibility index (Phi) is 1.79. The minimum Gasteiger partial charge on any atom is -0.307 e. The summed E-state index contributed by atoms with van der Waals surface area (Å²) in [5.74, 6) is 2.63. The van der Waals surface area contributed by atoms with Crippen LogP contribution in [0.2, 0.25) is 0 Å². The van der Waals surface area contributed by atoms with E-state index in [4.69, 9.17) is 6.42 Å². The van der Waals surface area contributed by atoms with E-state index >= 15 is 0 Å². The van der Waals surface area contributed by atoms with Crippen LogP contribution in [-0.4, -0.2) is 9.38 Å². The summed E-state index contributed by atoms with van der Waals surface area (Å²) in [7, 11) is 0. The van der Waals surface area contributed by atoms with Gasteiger partial charge in [0.05, 0.1) is 5.69 Å². The number of pyridine rings is 1. The number of rotatable bonds is 1. The van der Waals surface area contributed by atoms with Gasteiger partial charge in [-0.2, -0.15) is 0 Å².